The number of hydrogen-bond donors (Lipinski definition) is 0. The second kappa shape index (κ2) is 7.99. The normalized spacial score (nSPS) is 14.3. The Morgan fingerprint density at radius 3 is 2.55 bits per heavy atom. The molecule has 4 heterocycles. The molecule has 0 radical (unpaired) electrons. The fourth-order valence-electron chi connectivity index (χ4n) is 3.85. The Kier molecular flexibility index (Phi) is 5.03. The van der Waals surface area contributed by atoms with Crippen molar-refractivity contribution in [3.63, 3.8) is 0 Å². The Hall–Kier alpha value is -3.46. The van der Waals surface area contributed by atoms with Gasteiger partial charge in [-0.25, -0.2) is 15.0 Å². The van der Waals surface area contributed by atoms with E-state index in [0.717, 1.165) is 33.5 Å². The summed E-state index contributed by atoms with van der Waals surface area (Å²) in [5.74, 6) is 1.65. The van der Waals surface area contributed by atoms with E-state index in [-0.39, 0.29) is 5.91 Å². The van der Waals surface area contributed by atoms with Crippen LogP contribution in [0.5, 0.6) is 5.75 Å². The van der Waals surface area contributed by atoms with Crippen LogP contribution in [0.3, 0.4) is 0 Å². The van der Waals surface area contributed by atoms with Crippen molar-refractivity contribution in [2.24, 2.45) is 0 Å². The first-order valence-corrected chi connectivity index (χ1v) is 10.9. The molecular formula is C22H22N6O2S. The van der Waals surface area contributed by atoms with Crippen LogP contribution in [0.4, 0.5) is 5.82 Å². The van der Waals surface area contributed by atoms with E-state index in [1.165, 1.54) is 11.3 Å². The van der Waals surface area contributed by atoms with Gasteiger partial charge in [0.25, 0.3) is 5.91 Å². The molecule has 0 spiro atoms. The second-order valence-corrected chi connectivity index (χ2v) is 8.41. The highest BCUT2D eigenvalue weighted by Crippen LogP contribution is 2.27. The zero-order valence-corrected chi connectivity index (χ0v) is 18.2. The van der Waals surface area contributed by atoms with E-state index in [1.54, 1.807) is 13.3 Å². The Labute approximate surface area is 183 Å². The first-order chi connectivity index (χ1) is 15.1. The van der Waals surface area contributed by atoms with Gasteiger partial charge in [-0.05, 0) is 31.2 Å². The standard InChI is InChI=1S/C22H22N6O2S/c1-15-25-18(14-31-15)22(29)27-11-9-26(10-12-27)20-21-23-7-8-28(21)19(13-24-20)16-3-5-17(30-2)6-4-16/h3-8,13-14H,9-12H2,1-2H3. The minimum absolute atomic E-state index is 0.00206. The first-order valence-electron chi connectivity index (χ1n) is 10.1. The van der Waals surface area contributed by atoms with E-state index in [0.29, 0.717) is 31.9 Å². The quantitative estimate of drug-likeness (QED) is 0.491. The van der Waals surface area contributed by atoms with Crippen molar-refractivity contribution in [2.75, 3.05) is 38.2 Å². The molecule has 0 unspecified atom stereocenters. The molecule has 158 valence electrons. The van der Waals surface area contributed by atoms with Gasteiger partial charge in [0.15, 0.2) is 11.5 Å². The number of imidazole rings is 1. The number of anilines is 1. The number of amides is 1. The Morgan fingerprint density at radius 1 is 1.10 bits per heavy atom. The molecule has 0 bridgehead atoms. The van der Waals surface area contributed by atoms with E-state index in [2.05, 4.69) is 19.3 Å². The number of piperazine rings is 1. The van der Waals surface area contributed by atoms with Gasteiger partial charge in [-0.1, -0.05) is 0 Å². The van der Waals surface area contributed by atoms with Crippen molar-refractivity contribution in [1.82, 2.24) is 24.3 Å². The molecule has 3 aromatic heterocycles. The van der Waals surface area contributed by atoms with Crippen molar-refractivity contribution < 1.29 is 9.53 Å². The topological polar surface area (TPSA) is 75.9 Å². The number of nitrogens with zero attached hydrogens (tertiary/aromatic N) is 6. The first kappa shape index (κ1) is 19.5. The summed E-state index contributed by atoms with van der Waals surface area (Å²) in [6, 6.07) is 7.90. The Morgan fingerprint density at radius 2 is 1.87 bits per heavy atom. The largest absolute Gasteiger partial charge is 0.497 e. The van der Waals surface area contributed by atoms with Crippen LogP contribution in [0.15, 0.2) is 48.2 Å². The van der Waals surface area contributed by atoms with E-state index in [9.17, 15) is 4.79 Å². The number of thiazole rings is 1. The van der Waals surface area contributed by atoms with Crippen LogP contribution in [0.2, 0.25) is 0 Å². The molecule has 1 aliphatic rings. The minimum atomic E-state index is -0.00206. The van der Waals surface area contributed by atoms with Gasteiger partial charge in [-0.3, -0.25) is 9.20 Å². The van der Waals surface area contributed by atoms with E-state index in [1.807, 2.05) is 53.9 Å². The Bertz CT molecular complexity index is 1220. The third kappa shape index (κ3) is 3.61. The van der Waals surface area contributed by atoms with E-state index in [4.69, 9.17) is 9.72 Å². The summed E-state index contributed by atoms with van der Waals surface area (Å²) in [6.07, 6.45) is 5.61. The number of fused-ring (bicyclic) bond motifs is 1. The SMILES string of the molecule is COc1ccc(-c2cnc(N3CCN(C(=O)c4csc(C)n4)CC3)c3nccn23)cc1. The monoisotopic (exact) mass is 434 g/mol. The number of methoxy groups -OCH3 is 1. The predicted octanol–water partition coefficient (Wildman–Crippen LogP) is 3.13. The third-order valence-electron chi connectivity index (χ3n) is 5.50. The Balaban J connectivity index is 1.37. The molecule has 8 nitrogen and oxygen atoms in total. The number of benzene rings is 1. The molecule has 4 aromatic rings. The molecule has 0 N–H and O–H groups in total. The van der Waals surface area contributed by atoms with Crippen molar-refractivity contribution >= 4 is 28.7 Å². The number of hydrogen-bond acceptors (Lipinski definition) is 7. The molecule has 1 amide bonds. The predicted molar refractivity (Wildman–Crippen MR) is 120 cm³/mol. The molecule has 1 aliphatic heterocycles. The molecule has 0 aliphatic carbocycles. The van der Waals surface area contributed by atoms with Crippen LogP contribution in [0.1, 0.15) is 15.5 Å². The van der Waals surface area contributed by atoms with Crippen LogP contribution < -0.4 is 9.64 Å². The van der Waals surface area contributed by atoms with E-state index < -0.39 is 0 Å². The van der Waals surface area contributed by atoms with Gasteiger partial charge < -0.3 is 14.5 Å². The van der Waals surface area contributed by atoms with Gasteiger partial charge in [-0.15, -0.1) is 11.3 Å². The molecule has 0 atom stereocenters. The summed E-state index contributed by atoms with van der Waals surface area (Å²) >= 11 is 1.50. The average molecular weight is 435 g/mol. The van der Waals surface area contributed by atoms with Gasteiger partial charge in [-0.2, -0.15) is 0 Å². The molecule has 0 saturated carbocycles. The van der Waals surface area contributed by atoms with Crippen LogP contribution in [-0.4, -0.2) is 63.4 Å². The van der Waals surface area contributed by atoms with Crippen molar-refractivity contribution in [3.8, 4) is 17.0 Å². The van der Waals surface area contributed by atoms with E-state index >= 15 is 0 Å². The molecule has 9 heteroatoms. The number of rotatable bonds is 4. The van der Waals surface area contributed by atoms with Crippen molar-refractivity contribution in [2.45, 2.75) is 6.92 Å². The maximum Gasteiger partial charge on any atom is 0.273 e. The number of aromatic nitrogens is 4. The lowest BCUT2D eigenvalue weighted by atomic mass is 10.1. The van der Waals surface area contributed by atoms with Crippen molar-refractivity contribution in [3.05, 3.63) is 58.9 Å². The highest BCUT2D eigenvalue weighted by molar-refractivity contribution is 7.09. The lowest BCUT2D eigenvalue weighted by Crippen LogP contribution is -2.49. The summed E-state index contributed by atoms with van der Waals surface area (Å²) in [5.41, 5.74) is 3.35. The zero-order valence-electron chi connectivity index (χ0n) is 17.4. The van der Waals surface area contributed by atoms with Crippen LogP contribution in [-0.2, 0) is 0 Å². The molecule has 1 aromatic carbocycles. The zero-order chi connectivity index (χ0) is 21.4. The maximum atomic E-state index is 12.7. The van der Waals surface area contributed by atoms with Gasteiger partial charge in [0.05, 0.1) is 24.0 Å². The molecule has 1 fully saturated rings. The third-order valence-corrected chi connectivity index (χ3v) is 6.27. The van der Waals surface area contributed by atoms with Crippen LogP contribution in [0.25, 0.3) is 16.9 Å². The maximum absolute atomic E-state index is 12.7. The van der Waals surface area contributed by atoms with Gasteiger partial charge in [0, 0.05) is 49.5 Å². The molecule has 31 heavy (non-hydrogen) atoms. The number of aryl methyl sites for hydroxylation is 1. The lowest BCUT2D eigenvalue weighted by Gasteiger charge is -2.35. The molecular weight excluding hydrogens is 412 g/mol. The highest BCUT2D eigenvalue weighted by Gasteiger charge is 2.26. The van der Waals surface area contributed by atoms with Gasteiger partial charge >= 0.3 is 0 Å². The molecule has 1 saturated heterocycles. The summed E-state index contributed by atoms with van der Waals surface area (Å²) in [7, 11) is 1.66. The minimum Gasteiger partial charge on any atom is -0.497 e. The fourth-order valence-corrected chi connectivity index (χ4v) is 4.44. The van der Waals surface area contributed by atoms with Gasteiger partial charge in [0.2, 0.25) is 0 Å². The smallest absolute Gasteiger partial charge is 0.273 e. The summed E-state index contributed by atoms with van der Waals surface area (Å²) < 4.78 is 7.31. The van der Waals surface area contributed by atoms with Crippen LogP contribution in [0, 0.1) is 6.92 Å². The average Bonchev–Trinajstić information content (AvgIpc) is 3.48. The fraction of sp³-hybridized carbons (Fsp3) is 0.273. The summed E-state index contributed by atoms with van der Waals surface area (Å²) in [4.78, 5) is 30.4. The highest BCUT2D eigenvalue weighted by atomic mass is 32.1. The number of carbonyl (C=O) groups is 1. The van der Waals surface area contributed by atoms with Gasteiger partial charge in [0.1, 0.15) is 11.4 Å². The lowest BCUT2D eigenvalue weighted by molar-refractivity contribution is 0.0741. The summed E-state index contributed by atoms with van der Waals surface area (Å²) in [6.45, 7) is 4.57. The number of ether oxygens (including phenoxy) is 1. The van der Waals surface area contributed by atoms with Crippen LogP contribution >= 0.6 is 11.3 Å². The molecule has 5 rings (SSSR count). The van der Waals surface area contributed by atoms with Crippen molar-refractivity contribution in [1.29, 1.82) is 0 Å². The second-order valence-electron chi connectivity index (χ2n) is 7.35. The summed E-state index contributed by atoms with van der Waals surface area (Å²) in [5, 5.41) is 2.74. The number of carbonyl (C=O) groups excluding carboxylic acids is 1.